The smallest absolute Gasteiger partial charge is 0.238 e. The summed E-state index contributed by atoms with van der Waals surface area (Å²) >= 11 is 1.55. The number of hydrogen-bond acceptors (Lipinski definition) is 6. The molecule has 1 heterocycles. The highest BCUT2D eigenvalue weighted by atomic mass is 32.2. The van der Waals surface area contributed by atoms with Crippen LogP contribution in [0.15, 0.2) is 107 Å². The van der Waals surface area contributed by atoms with Crippen molar-refractivity contribution in [1.29, 1.82) is 0 Å². The summed E-state index contributed by atoms with van der Waals surface area (Å²) < 4.78 is 23.5. The number of aromatic hydroxyl groups is 2. The van der Waals surface area contributed by atoms with Crippen LogP contribution >= 0.6 is 11.8 Å². The molecule has 0 amide bonds. The topological polar surface area (TPSA) is 104 Å². The molecule has 0 saturated carbocycles. The Morgan fingerprint density at radius 2 is 1.57 bits per heavy atom. The maximum Gasteiger partial charge on any atom is 0.238 e. The van der Waals surface area contributed by atoms with Gasteiger partial charge in [0.2, 0.25) is 10.0 Å². The number of sulfonamides is 1. The maximum atomic E-state index is 11.8. The van der Waals surface area contributed by atoms with Crippen molar-refractivity contribution in [3.8, 4) is 33.8 Å². The van der Waals surface area contributed by atoms with E-state index in [4.69, 9.17) is 5.14 Å². The molecule has 0 fully saturated rings. The lowest BCUT2D eigenvalue weighted by atomic mass is 9.94. The molecule has 0 spiro atoms. The van der Waals surface area contributed by atoms with Gasteiger partial charge in [-0.15, -0.1) is 11.8 Å². The molecule has 1 aliphatic rings. The second kappa shape index (κ2) is 8.85. The van der Waals surface area contributed by atoms with Gasteiger partial charge >= 0.3 is 0 Å². The first-order valence-electron chi connectivity index (χ1n) is 11.5. The molecule has 37 heavy (non-hydrogen) atoms. The van der Waals surface area contributed by atoms with Gasteiger partial charge in [-0.2, -0.15) is 0 Å². The molecule has 0 aromatic heterocycles. The lowest BCUT2D eigenvalue weighted by molar-refractivity contribution is 0.475. The predicted molar refractivity (Wildman–Crippen MR) is 149 cm³/mol. The fourth-order valence-electron chi connectivity index (χ4n) is 4.74. The van der Waals surface area contributed by atoms with E-state index in [1.165, 1.54) is 6.07 Å². The third-order valence-electron chi connectivity index (χ3n) is 6.52. The van der Waals surface area contributed by atoms with Gasteiger partial charge in [-0.3, -0.25) is 0 Å². The van der Waals surface area contributed by atoms with Gasteiger partial charge in [-0.1, -0.05) is 42.5 Å². The lowest BCUT2D eigenvalue weighted by Crippen LogP contribution is -2.13. The van der Waals surface area contributed by atoms with Gasteiger partial charge in [-0.25, -0.2) is 13.6 Å². The molecule has 0 radical (unpaired) electrons. The second-order valence-electron chi connectivity index (χ2n) is 8.87. The van der Waals surface area contributed by atoms with Crippen LogP contribution in [0.5, 0.6) is 11.5 Å². The monoisotopic (exact) mass is 526 g/mol. The molecule has 5 aromatic carbocycles. The molecule has 1 aliphatic heterocycles. The highest BCUT2D eigenvalue weighted by molar-refractivity contribution is 8.00. The Bertz CT molecular complexity index is 1800. The van der Waals surface area contributed by atoms with Gasteiger partial charge in [0, 0.05) is 16.1 Å². The highest BCUT2D eigenvalue weighted by Crippen LogP contribution is 2.45. The normalized spacial score (nSPS) is 13.2. The second-order valence-corrected chi connectivity index (χ2v) is 11.4. The van der Waals surface area contributed by atoms with E-state index in [1.54, 1.807) is 42.1 Å². The summed E-state index contributed by atoms with van der Waals surface area (Å²) in [6, 6.07) is 29.6. The average Bonchev–Trinajstić information content (AvgIpc) is 3.31. The number of nitrogens with two attached hydrogens (primary N) is 1. The maximum absolute atomic E-state index is 11.8. The predicted octanol–water partition coefficient (Wildman–Crippen LogP) is 6.43. The molecule has 8 heteroatoms. The van der Waals surface area contributed by atoms with Crippen molar-refractivity contribution in [3.63, 3.8) is 0 Å². The summed E-state index contributed by atoms with van der Waals surface area (Å²) in [5.41, 5.74) is 5.32. The summed E-state index contributed by atoms with van der Waals surface area (Å²) in [5, 5.41) is 27.9. The van der Waals surface area contributed by atoms with Crippen molar-refractivity contribution in [2.45, 2.75) is 9.79 Å². The molecule has 0 bridgehead atoms. The molecule has 0 unspecified atom stereocenters. The molecule has 0 atom stereocenters. The van der Waals surface area contributed by atoms with E-state index >= 15 is 0 Å². The van der Waals surface area contributed by atoms with Gasteiger partial charge in [0.05, 0.1) is 16.5 Å². The Balaban J connectivity index is 1.41. The first-order chi connectivity index (χ1) is 17.8. The van der Waals surface area contributed by atoms with Gasteiger partial charge in [0.1, 0.15) is 11.5 Å². The van der Waals surface area contributed by atoms with Crippen molar-refractivity contribution in [2.24, 2.45) is 5.14 Å². The molecule has 4 N–H and O–H groups in total. The lowest BCUT2D eigenvalue weighted by Gasteiger charge is -2.20. The third-order valence-corrected chi connectivity index (χ3v) is 8.46. The quantitative estimate of drug-likeness (QED) is 0.249. The van der Waals surface area contributed by atoms with Crippen molar-refractivity contribution in [1.82, 2.24) is 0 Å². The minimum atomic E-state index is -3.77. The number of thioether (sulfide) groups is 1. The Morgan fingerprint density at radius 1 is 0.784 bits per heavy atom. The van der Waals surface area contributed by atoms with E-state index in [0.29, 0.717) is 5.88 Å². The molecule has 6 nitrogen and oxygen atoms in total. The van der Waals surface area contributed by atoms with E-state index in [9.17, 15) is 18.6 Å². The minimum absolute atomic E-state index is 0.0973. The van der Waals surface area contributed by atoms with Crippen LogP contribution in [-0.2, 0) is 10.0 Å². The van der Waals surface area contributed by atoms with Crippen molar-refractivity contribution in [3.05, 3.63) is 97.1 Å². The zero-order valence-corrected chi connectivity index (χ0v) is 21.1. The number of primary sulfonamides is 1. The Hall–Kier alpha value is -3.98. The molecule has 6 rings (SSSR count). The fraction of sp³-hybridized carbons (Fsp3) is 0.0345. The third kappa shape index (κ3) is 4.29. The van der Waals surface area contributed by atoms with Gasteiger partial charge in [0.15, 0.2) is 0 Å². The van der Waals surface area contributed by atoms with E-state index in [1.807, 2.05) is 60.7 Å². The number of nitrogens with zero attached hydrogens (tertiary/aromatic N) is 1. The van der Waals surface area contributed by atoms with Gasteiger partial charge in [0.25, 0.3) is 0 Å². The number of phenols is 2. The van der Waals surface area contributed by atoms with E-state index in [-0.39, 0.29) is 16.4 Å². The largest absolute Gasteiger partial charge is 0.508 e. The average molecular weight is 527 g/mol. The number of hydrogen-bond donors (Lipinski definition) is 3. The number of rotatable bonds is 4. The number of fused-ring (bicyclic) bond motifs is 2. The molecular formula is C29H22N2O4S2. The van der Waals surface area contributed by atoms with E-state index < -0.39 is 10.0 Å². The SMILES string of the molecule is NS(=O)(=O)c1ccc2c(c1)SCN2c1cccc(-c2c(O)ccc3cc(-c4cccc(O)c4)ccc23)c1. The van der Waals surface area contributed by atoms with Gasteiger partial charge < -0.3 is 15.1 Å². The number of anilines is 2. The molecule has 0 saturated heterocycles. The summed E-state index contributed by atoms with van der Waals surface area (Å²) in [6.45, 7) is 0. The Kier molecular flexibility index (Phi) is 5.60. The van der Waals surface area contributed by atoms with Crippen LogP contribution in [0.4, 0.5) is 11.4 Å². The molecule has 5 aromatic rings. The first-order valence-corrected chi connectivity index (χ1v) is 14.0. The summed E-state index contributed by atoms with van der Waals surface area (Å²) in [4.78, 5) is 3.06. The van der Waals surface area contributed by atoms with Crippen LogP contribution < -0.4 is 10.0 Å². The standard InChI is InChI=1S/C29H22N2O4S2/c30-37(34,35)24-9-11-26-28(16-24)36-17-31(26)22-5-1-4-21(14-22)29-25-10-7-19(13-20(25)8-12-27(29)33)18-3-2-6-23(32)15-18/h1-16,32-33H,17H2,(H2,30,34,35). The van der Waals surface area contributed by atoms with Crippen molar-refractivity contribution >= 4 is 43.9 Å². The van der Waals surface area contributed by atoms with Crippen LogP contribution in [0, 0.1) is 0 Å². The Labute approximate surface area is 218 Å². The first kappa shape index (κ1) is 23.4. The summed E-state index contributed by atoms with van der Waals surface area (Å²) in [5.74, 6) is 1.02. The fourth-order valence-corrected chi connectivity index (χ4v) is 6.45. The van der Waals surface area contributed by atoms with Crippen LogP contribution in [0.3, 0.4) is 0 Å². The van der Waals surface area contributed by atoms with Crippen molar-refractivity contribution < 1.29 is 18.6 Å². The van der Waals surface area contributed by atoms with Gasteiger partial charge in [-0.05, 0) is 82.1 Å². The summed E-state index contributed by atoms with van der Waals surface area (Å²) in [7, 11) is -3.77. The van der Waals surface area contributed by atoms with E-state index in [2.05, 4.69) is 4.90 Å². The molecular weight excluding hydrogens is 504 g/mol. The zero-order chi connectivity index (χ0) is 25.7. The molecule has 0 aliphatic carbocycles. The van der Waals surface area contributed by atoms with E-state index in [0.717, 1.165) is 49.3 Å². The van der Waals surface area contributed by atoms with Crippen LogP contribution in [0.2, 0.25) is 0 Å². The van der Waals surface area contributed by atoms with Crippen molar-refractivity contribution in [2.75, 3.05) is 10.8 Å². The zero-order valence-electron chi connectivity index (χ0n) is 19.5. The number of benzene rings is 5. The number of phenolic OH excluding ortho intramolecular Hbond substituents is 2. The van der Waals surface area contributed by atoms with Crippen LogP contribution in [0.1, 0.15) is 0 Å². The summed E-state index contributed by atoms with van der Waals surface area (Å²) in [6.07, 6.45) is 0. The highest BCUT2D eigenvalue weighted by Gasteiger charge is 2.24. The van der Waals surface area contributed by atoms with Crippen LogP contribution in [-0.4, -0.2) is 24.5 Å². The van der Waals surface area contributed by atoms with Crippen LogP contribution in [0.25, 0.3) is 33.0 Å². The minimum Gasteiger partial charge on any atom is -0.508 e. The molecule has 184 valence electrons. The Morgan fingerprint density at radius 3 is 2.38 bits per heavy atom.